The van der Waals surface area contributed by atoms with Crippen molar-refractivity contribution in [1.29, 1.82) is 0 Å². The van der Waals surface area contributed by atoms with Gasteiger partial charge in [-0.15, -0.1) is 11.3 Å². The molecule has 2 heterocycles. The summed E-state index contributed by atoms with van der Waals surface area (Å²) >= 11 is 8.39. The molecular formula is C16H19ClF3N3O4S2. The second-order valence-electron chi connectivity index (χ2n) is 6.11. The Morgan fingerprint density at radius 2 is 2.14 bits per heavy atom. The van der Waals surface area contributed by atoms with Crippen LogP contribution in [0.4, 0.5) is 13.2 Å². The minimum absolute atomic E-state index is 0.0301. The minimum Gasteiger partial charge on any atom is -0.382 e. The zero-order valence-electron chi connectivity index (χ0n) is 15.3. The van der Waals surface area contributed by atoms with Crippen molar-refractivity contribution in [2.24, 2.45) is 0 Å². The van der Waals surface area contributed by atoms with Crippen molar-refractivity contribution in [1.82, 2.24) is 14.9 Å². The first kappa shape index (κ1) is 23.9. The van der Waals surface area contributed by atoms with Gasteiger partial charge < -0.3 is 15.0 Å². The van der Waals surface area contributed by atoms with Crippen molar-refractivity contribution in [2.75, 3.05) is 26.8 Å². The molecule has 13 heteroatoms. The predicted molar refractivity (Wildman–Crippen MR) is 103 cm³/mol. The largest absolute Gasteiger partial charge is 0.451 e. The number of thiophene rings is 1. The van der Waals surface area contributed by atoms with Gasteiger partial charge in [0.15, 0.2) is 0 Å². The van der Waals surface area contributed by atoms with Crippen molar-refractivity contribution < 1.29 is 32.3 Å². The molecule has 1 aromatic heterocycles. The van der Waals surface area contributed by atoms with Crippen LogP contribution in [-0.2, 0) is 19.1 Å². The van der Waals surface area contributed by atoms with Gasteiger partial charge in [0.2, 0.25) is 11.8 Å². The smallest absolute Gasteiger partial charge is 0.382 e. The number of nitrogens with zero attached hydrogens (tertiary/aromatic N) is 1. The lowest BCUT2D eigenvalue weighted by molar-refractivity contribution is -0.170. The third kappa shape index (κ3) is 6.85. The monoisotopic (exact) mass is 473 g/mol. The molecule has 2 atom stereocenters. The van der Waals surface area contributed by atoms with Crippen LogP contribution in [0.5, 0.6) is 0 Å². The van der Waals surface area contributed by atoms with E-state index < -0.39 is 42.4 Å². The van der Waals surface area contributed by atoms with Gasteiger partial charge >= 0.3 is 6.18 Å². The predicted octanol–water partition coefficient (Wildman–Crippen LogP) is 2.25. The number of hydrogen-bond acceptors (Lipinski definition) is 7. The highest BCUT2D eigenvalue weighted by Gasteiger charge is 2.40. The van der Waals surface area contributed by atoms with Gasteiger partial charge in [-0.25, -0.2) is 4.72 Å². The fraction of sp³-hybridized carbons (Fsp3) is 0.562. The van der Waals surface area contributed by atoms with Crippen LogP contribution in [0.25, 0.3) is 0 Å². The maximum absolute atomic E-state index is 12.9. The molecule has 1 aliphatic heterocycles. The molecule has 0 aliphatic carbocycles. The summed E-state index contributed by atoms with van der Waals surface area (Å²) in [4.78, 5) is 37.4. The van der Waals surface area contributed by atoms with Crippen LogP contribution in [0.1, 0.15) is 12.8 Å². The summed E-state index contributed by atoms with van der Waals surface area (Å²) in [6.45, 7) is -0.848. The summed E-state index contributed by atoms with van der Waals surface area (Å²) in [5.41, 5.74) is 0. The summed E-state index contributed by atoms with van der Waals surface area (Å²) in [7, 11) is 1.42. The van der Waals surface area contributed by atoms with E-state index in [0.29, 0.717) is 17.2 Å². The molecule has 1 aliphatic rings. The van der Waals surface area contributed by atoms with E-state index in [9.17, 15) is 27.6 Å². The van der Waals surface area contributed by atoms with Crippen molar-refractivity contribution >= 4 is 52.5 Å². The summed E-state index contributed by atoms with van der Waals surface area (Å²) in [5, 5.41) is 1.98. The van der Waals surface area contributed by atoms with Crippen LogP contribution >= 0.6 is 34.9 Å². The lowest BCUT2D eigenvalue weighted by Crippen LogP contribution is -2.53. The van der Waals surface area contributed by atoms with E-state index in [1.54, 1.807) is 12.1 Å². The Labute approximate surface area is 178 Å². The van der Waals surface area contributed by atoms with E-state index in [-0.39, 0.29) is 13.2 Å². The number of rotatable bonds is 9. The van der Waals surface area contributed by atoms with Gasteiger partial charge in [-0.2, -0.15) is 13.2 Å². The van der Waals surface area contributed by atoms with Crippen molar-refractivity contribution in [3.63, 3.8) is 0 Å². The average molecular weight is 474 g/mol. The molecule has 1 aromatic rings. The molecule has 0 saturated carbocycles. The maximum atomic E-state index is 12.9. The quantitative estimate of drug-likeness (QED) is 0.535. The van der Waals surface area contributed by atoms with Crippen LogP contribution in [0.2, 0.25) is 4.34 Å². The molecule has 0 aromatic carbocycles. The first-order valence-electron chi connectivity index (χ1n) is 8.48. The Morgan fingerprint density at radius 1 is 1.41 bits per heavy atom. The second-order valence-corrected chi connectivity index (χ2v) is 8.97. The number of ketones is 1. The summed E-state index contributed by atoms with van der Waals surface area (Å²) in [6, 6.07) is 1.77. The maximum Gasteiger partial charge on any atom is 0.451 e. The van der Waals surface area contributed by atoms with Crippen LogP contribution in [0, 0.1) is 0 Å². The first-order valence-corrected chi connectivity index (χ1v) is 10.5. The molecule has 7 nitrogen and oxygen atoms in total. The number of methoxy groups -OCH3 is 1. The summed E-state index contributed by atoms with van der Waals surface area (Å²) < 4.78 is 46.4. The third-order valence-electron chi connectivity index (χ3n) is 4.06. The lowest BCUT2D eigenvalue weighted by atomic mass is 10.2. The van der Waals surface area contributed by atoms with E-state index >= 15 is 0 Å². The number of hydrogen-bond donors (Lipinski definition) is 2. The van der Waals surface area contributed by atoms with E-state index in [1.165, 1.54) is 35.3 Å². The number of carbonyl (C=O) groups is 3. The zero-order chi connectivity index (χ0) is 21.6. The normalized spacial score (nSPS) is 18.0. The second kappa shape index (κ2) is 10.6. The molecule has 0 bridgehead atoms. The van der Waals surface area contributed by atoms with Gasteiger partial charge in [-0.3, -0.25) is 14.4 Å². The van der Waals surface area contributed by atoms with E-state index in [4.69, 9.17) is 16.3 Å². The summed E-state index contributed by atoms with van der Waals surface area (Å²) in [5.74, 6) is -3.25. The molecule has 2 rings (SSSR count). The number of ether oxygens (including phenoxy) is 1. The fourth-order valence-corrected chi connectivity index (χ4v) is 4.75. The Balaban J connectivity index is 1.97. The minimum atomic E-state index is -5.02. The van der Waals surface area contributed by atoms with Crippen LogP contribution in [0.3, 0.4) is 0 Å². The first-order chi connectivity index (χ1) is 13.6. The topological polar surface area (TPSA) is 87.7 Å². The van der Waals surface area contributed by atoms with Gasteiger partial charge in [-0.05, 0) is 36.9 Å². The molecule has 1 saturated heterocycles. The molecule has 0 radical (unpaired) electrons. The van der Waals surface area contributed by atoms with Gasteiger partial charge in [0, 0.05) is 13.7 Å². The van der Waals surface area contributed by atoms with Gasteiger partial charge in [0.25, 0.3) is 5.78 Å². The number of carbonyl (C=O) groups excluding carboxylic acids is 3. The van der Waals surface area contributed by atoms with E-state index in [0.717, 1.165) is 4.21 Å². The SMILES string of the molecule is COC[C@H](NSc1ccc(Cl)s1)C(=O)N1CCCC1C(=O)NCC(=O)C(F)(F)F. The number of halogens is 4. The third-order valence-corrected chi connectivity index (χ3v) is 6.33. The van der Waals surface area contributed by atoms with Crippen LogP contribution in [-0.4, -0.2) is 67.6 Å². The molecule has 2 amide bonds. The van der Waals surface area contributed by atoms with Crippen LogP contribution in [0.15, 0.2) is 16.3 Å². The van der Waals surface area contributed by atoms with E-state index in [2.05, 4.69) is 4.72 Å². The van der Waals surface area contributed by atoms with Crippen LogP contribution < -0.4 is 10.0 Å². The van der Waals surface area contributed by atoms with E-state index in [1.807, 2.05) is 5.32 Å². The highest BCUT2D eigenvalue weighted by atomic mass is 35.5. The lowest BCUT2D eigenvalue weighted by Gasteiger charge is -2.28. The number of alkyl halides is 3. The molecule has 162 valence electrons. The van der Waals surface area contributed by atoms with Crippen molar-refractivity contribution in [2.45, 2.75) is 35.3 Å². The molecule has 29 heavy (non-hydrogen) atoms. The number of amides is 2. The Hall–Kier alpha value is -1.34. The molecule has 1 fully saturated rings. The summed E-state index contributed by atoms with van der Waals surface area (Å²) in [6.07, 6.45) is -4.20. The number of likely N-dealkylation sites (tertiary alicyclic amines) is 1. The van der Waals surface area contributed by atoms with Gasteiger partial charge in [-0.1, -0.05) is 11.6 Å². The highest BCUT2D eigenvalue weighted by Crippen LogP contribution is 2.29. The molecule has 0 spiro atoms. The number of Topliss-reactive ketones (excluding diaryl/α,β-unsaturated/α-hetero) is 1. The van der Waals surface area contributed by atoms with Gasteiger partial charge in [0.1, 0.15) is 12.1 Å². The zero-order valence-corrected chi connectivity index (χ0v) is 17.6. The molecule has 2 N–H and O–H groups in total. The van der Waals surface area contributed by atoms with Crippen molar-refractivity contribution in [3.05, 3.63) is 16.5 Å². The number of nitrogens with one attached hydrogen (secondary N) is 2. The Bertz CT molecular complexity index is 747. The highest BCUT2D eigenvalue weighted by molar-refractivity contribution is 7.99. The van der Waals surface area contributed by atoms with Gasteiger partial charge in [0.05, 0.1) is 21.7 Å². The Morgan fingerprint density at radius 3 is 2.72 bits per heavy atom. The standard InChI is InChI=1S/C16H19ClF3N3O4S2/c1-27-8-9(22-29-13-5-4-12(17)28-13)15(26)23-6-2-3-10(23)14(25)21-7-11(24)16(18,19)20/h4-5,9-10,22H,2-3,6-8H2,1H3,(H,21,25)/t9-,10?/m0/s1. The fourth-order valence-electron chi connectivity index (χ4n) is 2.69. The molecule has 1 unspecified atom stereocenters. The van der Waals surface area contributed by atoms with Crippen molar-refractivity contribution in [3.8, 4) is 0 Å². The molecular weight excluding hydrogens is 455 g/mol. The Kier molecular flexibility index (Phi) is 8.76. The average Bonchev–Trinajstić information content (AvgIpc) is 3.30.